The Balaban J connectivity index is 1.95. The van der Waals surface area contributed by atoms with Gasteiger partial charge in [0, 0.05) is 31.6 Å². The fourth-order valence-corrected chi connectivity index (χ4v) is 7.77. The average Bonchev–Trinajstić information content (AvgIpc) is 3.13. The first-order valence-electron chi connectivity index (χ1n) is 21.6. The van der Waals surface area contributed by atoms with E-state index in [4.69, 9.17) is 4.74 Å². The van der Waals surface area contributed by atoms with E-state index in [1.54, 1.807) is 0 Å². The Morgan fingerprint density at radius 3 is 1.52 bits per heavy atom. The van der Waals surface area contributed by atoms with Gasteiger partial charge in [0.2, 0.25) is 0 Å². The Morgan fingerprint density at radius 2 is 1.03 bits per heavy atom. The zero-order valence-corrected chi connectivity index (χ0v) is 39.5. The number of hydrogen-bond donors (Lipinski definition) is 0. The lowest BCUT2D eigenvalue weighted by Gasteiger charge is -2.36. The van der Waals surface area contributed by atoms with Crippen LogP contribution in [0.5, 0.6) is 0 Å². The second-order valence-electron chi connectivity index (χ2n) is 18.6. The minimum Gasteiger partial charge on any atom is -0.454 e. The van der Waals surface area contributed by atoms with Crippen molar-refractivity contribution in [1.82, 2.24) is 9.80 Å². The molecule has 0 fully saturated rings. The highest BCUT2D eigenvalue weighted by Gasteiger charge is 2.40. The minimum absolute atomic E-state index is 0.110. The number of carbonyl (C=O) groups is 4. The summed E-state index contributed by atoms with van der Waals surface area (Å²) < 4.78 is 5.64. The number of carbonyl (C=O) groups excluding carboxylic acids is 4. The summed E-state index contributed by atoms with van der Waals surface area (Å²) in [6.07, 6.45) is 31.8. The summed E-state index contributed by atoms with van der Waals surface area (Å²) in [5.74, 6) is -0.362. The van der Waals surface area contributed by atoms with Crippen molar-refractivity contribution in [2.75, 3.05) is 41.3 Å². The summed E-state index contributed by atoms with van der Waals surface area (Å²) >= 11 is 0. The van der Waals surface area contributed by atoms with Crippen LogP contribution in [-0.4, -0.2) is 80.5 Å². The summed E-state index contributed by atoms with van der Waals surface area (Å²) in [7, 11) is 7.95. The molecule has 0 heterocycles. The second-order valence-corrected chi connectivity index (χ2v) is 18.6. The Morgan fingerprint density at radius 1 is 0.617 bits per heavy atom. The highest BCUT2D eigenvalue weighted by Crippen LogP contribution is 2.44. The summed E-state index contributed by atoms with van der Waals surface area (Å²) in [6.45, 7) is 22.2. The van der Waals surface area contributed by atoms with Gasteiger partial charge in [0.15, 0.2) is 17.7 Å². The topological polar surface area (TPSA) is 84.0 Å². The number of Topliss-reactive ketones (excluding diaryl/α,β-unsaturated/α-hetero) is 3. The van der Waals surface area contributed by atoms with Crippen LogP contribution in [0.1, 0.15) is 114 Å². The van der Waals surface area contributed by atoms with Gasteiger partial charge in [-0.1, -0.05) is 135 Å². The molecule has 0 radical (unpaired) electrons. The predicted molar refractivity (Wildman–Crippen MR) is 252 cm³/mol. The zero-order chi connectivity index (χ0) is 45.2. The average molecular weight is 821 g/mol. The molecule has 0 amide bonds. The summed E-state index contributed by atoms with van der Waals surface area (Å²) in [6, 6.07) is 0. The molecule has 2 aliphatic rings. The molecule has 0 aromatic carbocycles. The van der Waals surface area contributed by atoms with Crippen molar-refractivity contribution in [2.45, 2.75) is 120 Å². The quantitative estimate of drug-likeness (QED) is 0.0842. The van der Waals surface area contributed by atoms with E-state index in [0.29, 0.717) is 44.1 Å². The van der Waals surface area contributed by atoms with Crippen LogP contribution in [0.15, 0.2) is 130 Å². The van der Waals surface area contributed by atoms with Gasteiger partial charge in [-0.05, 0) is 135 Å². The summed E-state index contributed by atoms with van der Waals surface area (Å²) in [5, 5.41) is 0. The lowest BCUT2D eigenvalue weighted by molar-refractivity contribution is -0.156. The van der Waals surface area contributed by atoms with Crippen molar-refractivity contribution in [3.8, 4) is 0 Å². The number of ketones is 3. The van der Waals surface area contributed by atoms with E-state index in [2.05, 4.69) is 95.9 Å². The standard InChI is InChI=1S/C53H76N2O5/c1-38(23-17-25-40(3)29-31-46-42(5)50(58)44(36-52(46,7)8)35-45(56)27-19-33-54(11)12)21-15-16-22-39(2)24-18-26-41(4)30-32-47-43(6)51(59)48(37-53(47,9)10)60-49(57)28-20-34-55(13)14/h15-18,21-26,29-32,44,48H,19-20,27-28,33-37H2,1-14H3/b16-15+,23-17+,24-18+,31-29+,32-30+,38-21+,39-22+,40-25+,41-26+. The lowest BCUT2D eigenvalue weighted by atomic mass is 9.66. The lowest BCUT2D eigenvalue weighted by Crippen LogP contribution is -2.39. The van der Waals surface area contributed by atoms with Crippen LogP contribution in [0.4, 0.5) is 0 Å². The molecule has 60 heavy (non-hydrogen) atoms. The van der Waals surface area contributed by atoms with Gasteiger partial charge < -0.3 is 14.5 Å². The number of hydrogen-bond acceptors (Lipinski definition) is 7. The van der Waals surface area contributed by atoms with Crippen LogP contribution >= 0.6 is 0 Å². The van der Waals surface area contributed by atoms with Crippen molar-refractivity contribution in [2.24, 2.45) is 16.7 Å². The SMILES string of the molecule is CC1=C(/C=C/C(C)=C/C=C/C(C)=C/C=C/C=C(C)/C=C/C=C(C)/C=C/C2=C(C)C(=O)C(OC(=O)CCCN(C)C)CC2(C)C)C(C)(C)CC(CC(=O)CCCN(C)C)C1=O. The molecule has 0 aliphatic heterocycles. The van der Waals surface area contributed by atoms with Crippen LogP contribution in [0.2, 0.25) is 0 Å². The number of rotatable bonds is 21. The van der Waals surface area contributed by atoms with Gasteiger partial charge in [0.25, 0.3) is 0 Å². The van der Waals surface area contributed by atoms with Crippen molar-refractivity contribution in [3.63, 3.8) is 0 Å². The van der Waals surface area contributed by atoms with Crippen LogP contribution in [0.25, 0.3) is 0 Å². The fourth-order valence-electron chi connectivity index (χ4n) is 7.77. The summed E-state index contributed by atoms with van der Waals surface area (Å²) in [5.41, 5.74) is 7.33. The largest absolute Gasteiger partial charge is 0.454 e. The normalized spacial score (nSPS) is 21.2. The zero-order valence-electron chi connectivity index (χ0n) is 39.5. The van der Waals surface area contributed by atoms with Crippen molar-refractivity contribution in [1.29, 1.82) is 0 Å². The molecular weight excluding hydrogens is 745 g/mol. The molecule has 2 unspecified atom stereocenters. The van der Waals surface area contributed by atoms with Crippen LogP contribution < -0.4 is 0 Å². The van der Waals surface area contributed by atoms with Gasteiger partial charge in [0.1, 0.15) is 5.78 Å². The van der Waals surface area contributed by atoms with Gasteiger partial charge in [0.05, 0.1) is 0 Å². The van der Waals surface area contributed by atoms with Gasteiger partial charge in [-0.2, -0.15) is 0 Å². The minimum atomic E-state index is -0.732. The maximum atomic E-state index is 13.3. The van der Waals surface area contributed by atoms with Gasteiger partial charge in [-0.15, -0.1) is 0 Å². The summed E-state index contributed by atoms with van der Waals surface area (Å²) in [4.78, 5) is 55.6. The molecule has 7 heteroatoms. The van der Waals surface area contributed by atoms with Crippen LogP contribution in [0, 0.1) is 16.7 Å². The van der Waals surface area contributed by atoms with E-state index in [0.717, 1.165) is 58.5 Å². The number of esters is 1. The van der Waals surface area contributed by atoms with E-state index >= 15 is 0 Å². The first kappa shape index (κ1) is 51.7. The molecule has 2 rings (SSSR count). The third kappa shape index (κ3) is 18.0. The van der Waals surface area contributed by atoms with E-state index in [-0.39, 0.29) is 40.1 Å². The van der Waals surface area contributed by atoms with Crippen molar-refractivity contribution >= 4 is 23.3 Å². The molecule has 7 nitrogen and oxygen atoms in total. The second kappa shape index (κ2) is 24.7. The molecule has 0 N–H and O–H groups in total. The Hall–Kier alpha value is -4.46. The number of ether oxygens (including phenoxy) is 1. The van der Waals surface area contributed by atoms with Gasteiger partial charge >= 0.3 is 5.97 Å². The highest BCUT2D eigenvalue weighted by atomic mass is 16.5. The van der Waals surface area contributed by atoms with E-state index < -0.39 is 6.10 Å². The molecule has 0 spiro atoms. The molecular formula is C53H76N2O5. The Kier molecular flexibility index (Phi) is 21.3. The Bertz CT molecular complexity index is 1760. The molecule has 0 saturated heterocycles. The van der Waals surface area contributed by atoms with Gasteiger partial charge in [-0.25, -0.2) is 0 Å². The van der Waals surface area contributed by atoms with Gasteiger partial charge in [-0.3, -0.25) is 19.2 Å². The smallest absolute Gasteiger partial charge is 0.306 e. The third-order valence-corrected chi connectivity index (χ3v) is 11.2. The van der Waals surface area contributed by atoms with E-state index in [1.165, 1.54) is 0 Å². The molecule has 0 saturated carbocycles. The highest BCUT2D eigenvalue weighted by molar-refractivity contribution is 6.02. The third-order valence-electron chi connectivity index (χ3n) is 11.2. The molecule has 0 bridgehead atoms. The van der Waals surface area contributed by atoms with Crippen LogP contribution in [0.3, 0.4) is 0 Å². The monoisotopic (exact) mass is 821 g/mol. The van der Waals surface area contributed by atoms with Crippen molar-refractivity contribution in [3.05, 3.63) is 130 Å². The molecule has 0 aromatic rings. The molecule has 0 aromatic heterocycles. The first-order valence-corrected chi connectivity index (χ1v) is 21.6. The van der Waals surface area contributed by atoms with Crippen molar-refractivity contribution < 1.29 is 23.9 Å². The predicted octanol–water partition coefficient (Wildman–Crippen LogP) is 11.4. The van der Waals surface area contributed by atoms with Crippen LogP contribution in [-0.2, 0) is 23.9 Å². The molecule has 328 valence electrons. The fraction of sp³-hybridized carbons (Fsp3) is 0.509. The maximum absolute atomic E-state index is 13.3. The number of allylic oxidation sites excluding steroid dienone is 21. The Labute approximate surface area is 363 Å². The number of nitrogens with zero attached hydrogens (tertiary/aromatic N) is 2. The first-order chi connectivity index (χ1) is 28.0. The van der Waals surface area contributed by atoms with E-state index in [1.807, 2.05) is 96.4 Å². The molecule has 2 aliphatic carbocycles. The maximum Gasteiger partial charge on any atom is 0.306 e. The molecule has 2 atom stereocenters. The van der Waals surface area contributed by atoms with E-state index in [9.17, 15) is 19.2 Å².